The van der Waals surface area contributed by atoms with Crippen molar-refractivity contribution in [3.8, 4) is 0 Å². The summed E-state index contributed by atoms with van der Waals surface area (Å²) in [7, 11) is 0. The Morgan fingerprint density at radius 3 is 0.591 bits per heavy atom. The lowest BCUT2D eigenvalue weighted by Crippen LogP contribution is -2.50. The summed E-state index contributed by atoms with van der Waals surface area (Å²) in [5.74, 6) is 0. The monoisotopic (exact) mass is 304 g/mol. The standard InChI is InChI=1S/C22H40/c1-17(2,3)21(18(4,5)6)13-15-22(16-14-21,19(7,8)9)20(10,11)12/h13-16H,1-12H3. The summed E-state index contributed by atoms with van der Waals surface area (Å²) in [5.41, 5.74) is 0.945. The maximum Gasteiger partial charge on any atom is 0.0159 e. The van der Waals surface area contributed by atoms with Gasteiger partial charge in [0.05, 0.1) is 0 Å². The molecule has 0 heteroatoms. The van der Waals surface area contributed by atoms with Crippen LogP contribution in [0.1, 0.15) is 83.1 Å². The zero-order chi connectivity index (χ0) is 17.8. The van der Waals surface area contributed by atoms with Gasteiger partial charge in [0.25, 0.3) is 0 Å². The highest BCUT2D eigenvalue weighted by molar-refractivity contribution is 5.34. The van der Waals surface area contributed by atoms with Crippen LogP contribution >= 0.6 is 0 Å². The van der Waals surface area contributed by atoms with Crippen molar-refractivity contribution in [3.63, 3.8) is 0 Å². The lowest BCUT2D eigenvalue weighted by atomic mass is 9.47. The minimum atomic E-state index is 0.0833. The summed E-state index contributed by atoms with van der Waals surface area (Å²) in [6.45, 7) is 28.4. The highest BCUT2D eigenvalue weighted by Gasteiger charge is 2.53. The molecule has 0 nitrogen and oxygen atoms in total. The summed E-state index contributed by atoms with van der Waals surface area (Å²) >= 11 is 0. The van der Waals surface area contributed by atoms with Crippen molar-refractivity contribution in [1.29, 1.82) is 0 Å². The predicted octanol–water partition coefficient (Wildman–Crippen LogP) is 7.27. The first-order chi connectivity index (χ1) is 9.41. The average molecular weight is 305 g/mol. The van der Waals surface area contributed by atoms with E-state index in [0.29, 0.717) is 0 Å². The summed E-state index contributed by atoms with van der Waals surface area (Å²) in [5, 5.41) is 0. The van der Waals surface area contributed by atoms with Gasteiger partial charge in [-0.3, -0.25) is 0 Å². The molecule has 0 saturated heterocycles. The van der Waals surface area contributed by atoms with Crippen LogP contribution < -0.4 is 0 Å². The molecule has 128 valence electrons. The molecule has 0 amide bonds. The largest absolute Gasteiger partial charge is 0.0766 e. The van der Waals surface area contributed by atoms with Crippen molar-refractivity contribution < 1.29 is 0 Å². The molecule has 0 heterocycles. The minimum absolute atomic E-state index is 0.0833. The molecule has 1 aliphatic rings. The Hall–Kier alpha value is -0.520. The normalized spacial score (nSPS) is 22.0. The molecule has 0 N–H and O–H groups in total. The van der Waals surface area contributed by atoms with Gasteiger partial charge in [-0.1, -0.05) is 107 Å². The second kappa shape index (κ2) is 4.99. The summed E-state index contributed by atoms with van der Waals surface area (Å²) in [6.07, 6.45) is 10.1. The smallest absolute Gasteiger partial charge is 0.0159 e. The van der Waals surface area contributed by atoms with Crippen LogP contribution in [0.4, 0.5) is 0 Å². The topological polar surface area (TPSA) is 0 Å². The highest BCUT2D eigenvalue weighted by atomic mass is 14.6. The number of rotatable bonds is 0. The SMILES string of the molecule is CC(C)(C)C1(C(C)(C)C)C=CC(C(C)(C)C)(C(C)(C)C)C=C1. The fraction of sp³-hybridized carbons (Fsp3) is 0.818. The van der Waals surface area contributed by atoms with Gasteiger partial charge in [-0.25, -0.2) is 0 Å². The van der Waals surface area contributed by atoms with E-state index < -0.39 is 0 Å². The van der Waals surface area contributed by atoms with Gasteiger partial charge in [0.15, 0.2) is 0 Å². The van der Waals surface area contributed by atoms with Crippen LogP contribution in [0, 0.1) is 32.5 Å². The summed E-state index contributed by atoms with van der Waals surface area (Å²) in [6, 6.07) is 0. The van der Waals surface area contributed by atoms with Gasteiger partial charge in [0, 0.05) is 10.8 Å². The number of hydrogen-bond donors (Lipinski definition) is 0. The van der Waals surface area contributed by atoms with Gasteiger partial charge in [0.2, 0.25) is 0 Å². The molecule has 0 aromatic carbocycles. The third kappa shape index (κ3) is 2.72. The molecule has 1 rings (SSSR count). The molecule has 0 aromatic heterocycles. The second-order valence-corrected chi connectivity index (χ2v) is 11.4. The van der Waals surface area contributed by atoms with E-state index in [4.69, 9.17) is 0 Å². The molecule has 0 atom stereocenters. The average Bonchev–Trinajstić information content (AvgIpc) is 2.22. The molecule has 0 aliphatic heterocycles. The Labute approximate surface area is 140 Å². The first-order valence-electron chi connectivity index (χ1n) is 8.82. The first kappa shape index (κ1) is 19.5. The molecular weight excluding hydrogens is 264 g/mol. The Kier molecular flexibility index (Phi) is 4.43. The van der Waals surface area contributed by atoms with E-state index >= 15 is 0 Å². The van der Waals surface area contributed by atoms with Crippen LogP contribution in [0.25, 0.3) is 0 Å². The second-order valence-electron chi connectivity index (χ2n) is 11.4. The van der Waals surface area contributed by atoms with Crippen molar-refractivity contribution in [2.45, 2.75) is 83.1 Å². The molecule has 0 radical (unpaired) electrons. The first-order valence-corrected chi connectivity index (χ1v) is 8.82. The Balaban J connectivity index is 3.57. The fourth-order valence-electron chi connectivity index (χ4n) is 4.89. The number of hydrogen-bond acceptors (Lipinski definition) is 0. The lowest BCUT2D eigenvalue weighted by Gasteiger charge is -2.57. The van der Waals surface area contributed by atoms with Crippen LogP contribution in [-0.4, -0.2) is 0 Å². The van der Waals surface area contributed by atoms with E-state index in [0.717, 1.165) is 0 Å². The number of allylic oxidation sites excluding steroid dienone is 4. The molecule has 0 unspecified atom stereocenters. The van der Waals surface area contributed by atoms with Crippen LogP contribution in [0.3, 0.4) is 0 Å². The van der Waals surface area contributed by atoms with E-state index in [1.54, 1.807) is 0 Å². The van der Waals surface area contributed by atoms with Gasteiger partial charge in [0.1, 0.15) is 0 Å². The molecule has 0 saturated carbocycles. The molecule has 1 aliphatic carbocycles. The zero-order valence-electron chi connectivity index (χ0n) is 17.3. The van der Waals surface area contributed by atoms with Crippen LogP contribution in [0.5, 0.6) is 0 Å². The van der Waals surface area contributed by atoms with Gasteiger partial charge >= 0.3 is 0 Å². The van der Waals surface area contributed by atoms with Crippen molar-refractivity contribution in [1.82, 2.24) is 0 Å². The molecule has 0 fully saturated rings. The van der Waals surface area contributed by atoms with Crippen molar-refractivity contribution in [2.75, 3.05) is 0 Å². The highest BCUT2D eigenvalue weighted by Crippen LogP contribution is 2.61. The van der Waals surface area contributed by atoms with Gasteiger partial charge in [-0.15, -0.1) is 0 Å². The van der Waals surface area contributed by atoms with E-state index in [-0.39, 0.29) is 32.5 Å². The summed E-state index contributed by atoms with van der Waals surface area (Å²) in [4.78, 5) is 0. The molecule has 0 bridgehead atoms. The third-order valence-corrected chi connectivity index (χ3v) is 6.18. The Morgan fingerprint density at radius 1 is 0.364 bits per heavy atom. The quantitative estimate of drug-likeness (QED) is 0.413. The lowest BCUT2D eigenvalue weighted by molar-refractivity contribution is 0.0320. The molecule has 0 aromatic rings. The molecule has 0 spiro atoms. The van der Waals surface area contributed by atoms with Crippen LogP contribution in [0.2, 0.25) is 0 Å². The van der Waals surface area contributed by atoms with E-state index in [2.05, 4.69) is 107 Å². The van der Waals surface area contributed by atoms with E-state index in [1.807, 2.05) is 0 Å². The maximum atomic E-state index is 2.53. The van der Waals surface area contributed by atoms with Gasteiger partial charge in [-0.2, -0.15) is 0 Å². The van der Waals surface area contributed by atoms with Crippen LogP contribution in [-0.2, 0) is 0 Å². The van der Waals surface area contributed by atoms with Crippen molar-refractivity contribution >= 4 is 0 Å². The van der Waals surface area contributed by atoms with Gasteiger partial charge in [-0.05, 0) is 21.7 Å². The van der Waals surface area contributed by atoms with Gasteiger partial charge < -0.3 is 0 Å². The van der Waals surface area contributed by atoms with Crippen LogP contribution in [0.15, 0.2) is 24.3 Å². The minimum Gasteiger partial charge on any atom is -0.0766 e. The maximum absolute atomic E-state index is 2.53. The Bertz CT molecular complexity index is 368. The van der Waals surface area contributed by atoms with E-state index in [1.165, 1.54) is 0 Å². The van der Waals surface area contributed by atoms with E-state index in [9.17, 15) is 0 Å². The van der Waals surface area contributed by atoms with Crippen molar-refractivity contribution in [3.05, 3.63) is 24.3 Å². The summed E-state index contributed by atoms with van der Waals surface area (Å²) < 4.78 is 0. The molecular formula is C22H40. The zero-order valence-corrected chi connectivity index (χ0v) is 17.3. The molecule has 22 heavy (non-hydrogen) atoms. The predicted molar refractivity (Wildman–Crippen MR) is 101 cm³/mol. The Morgan fingerprint density at radius 2 is 0.500 bits per heavy atom. The van der Waals surface area contributed by atoms with Crippen molar-refractivity contribution in [2.24, 2.45) is 32.5 Å². The fourth-order valence-corrected chi connectivity index (χ4v) is 4.89. The third-order valence-electron chi connectivity index (χ3n) is 6.18.